The SMILES string of the molecule is CCN(C(=O)c1ccccc1)c1nc(-c2ccc(C)cc2)cs1. The van der Waals surface area contributed by atoms with Gasteiger partial charge in [-0.05, 0) is 26.0 Å². The van der Waals surface area contributed by atoms with Crippen LogP contribution in [-0.2, 0) is 0 Å². The molecule has 0 aliphatic rings. The van der Waals surface area contributed by atoms with Crippen molar-refractivity contribution >= 4 is 22.4 Å². The predicted octanol–water partition coefficient (Wildman–Crippen LogP) is 4.79. The van der Waals surface area contributed by atoms with E-state index in [1.165, 1.54) is 16.9 Å². The summed E-state index contributed by atoms with van der Waals surface area (Å²) in [5.74, 6) is -0.0158. The number of aryl methyl sites for hydroxylation is 1. The zero-order chi connectivity index (χ0) is 16.2. The van der Waals surface area contributed by atoms with Gasteiger partial charge < -0.3 is 0 Å². The summed E-state index contributed by atoms with van der Waals surface area (Å²) < 4.78 is 0. The fourth-order valence-electron chi connectivity index (χ4n) is 2.35. The number of benzene rings is 2. The third-order valence-corrected chi connectivity index (χ3v) is 4.52. The molecule has 2 aromatic carbocycles. The first-order valence-corrected chi connectivity index (χ1v) is 8.46. The predicted molar refractivity (Wildman–Crippen MR) is 96.1 cm³/mol. The second-order valence-electron chi connectivity index (χ2n) is 5.30. The lowest BCUT2D eigenvalue weighted by Gasteiger charge is -2.17. The van der Waals surface area contributed by atoms with Gasteiger partial charge in [0.2, 0.25) is 0 Å². The fraction of sp³-hybridized carbons (Fsp3) is 0.158. The lowest BCUT2D eigenvalue weighted by Crippen LogP contribution is -2.30. The Morgan fingerprint density at radius 2 is 1.78 bits per heavy atom. The van der Waals surface area contributed by atoms with Crippen molar-refractivity contribution in [2.24, 2.45) is 0 Å². The van der Waals surface area contributed by atoms with Crippen LogP contribution in [0.25, 0.3) is 11.3 Å². The lowest BCUT2D eigenvalue weighted by molar-refractivity contribution is 0.0988. The van der Waals surface area contributed by atoms with E-state index in [-0.39, 0.29) is 5.91 Å². The molecule has 3 rings (SSSR count). The van der Waals surface area contributed by atoms with Crippen LogP contribution < -0.4 is 4.90 Å². The Morgan fingerprint density at radius 3 is 2.43 bits per heavy atom. The molecule has 0 saturated carbocycles. The average molecular weight is 322 g/mol. The number of hydrogen-bond donors (Lipinski definition) is 0. The van der Waals surface area contributed by atoms with Gasteiger partial charge in [0.05, 0.1) is 5.69 Å². The molecule has 0 aliphatic heterocycles. The fourth-order valence-corrected chi connectivity index (χ4v) is 3.24. The van der Waals surface area contributed by atoms with Crippen LogP contribution in [0.4, 0.5) is 5.13 Å². The topological polar surface area (TPSA) is 33.2 Å². The van der Waals surface area contributed by atoms with E-state index in [1.54, 1.807) is 4.90 Å². The quantitative estimate of drug-likeness (QED) is 0.692. The molecular weight excluding hydrogens is 304 g/mol. The van der Waals surface area contributed by atoms with E-state index < -0.39 is 0 Å². The van der Waals surface area contributed by atoms with Crippen molar-refractivity contribution in [1.82, 2.24) is 4.98 Å². The monoisotopic (exact) mass is 322 g/mol. The largest absolute Gasteiger partial charge is 0.284 e. The minimum Gasteiger partial charge on any atom is -0.284 e. The average Bonchev–Trinajstić information content (AvgIpc) is 3.06. The van der Waals surface area contributed by atoms with E-state index >= 15 is 0 Å². The van der Waals surface area contributed by atoms with E-state index in [4.69, 9.17) is 0 Å². The Hall–Kier alpha value is -2.46. The van der Waals surface area contributed by atoms with Gasteiger partial charge in [0, 0.05) is 23.1 Å². The molecule has 0 spiro atoms. The van der Waals surface area contributed by atoms with Gasteiger partial charge in [-0.15, -0.1) is 11.3 Å². The maximum atomic E-state index is 12.7. The van der Waals surface area contributed by atoms with Crippen molar-refractivity contribution in [3.8, 4) is 11.3 Å². The Balaban J connectivity index is 1.88. The minimum absolute atomic E-state index is 0.0158. The number of rotatable bonds is 4. The summed E-state index contributed by atoms with van der Waals surface area (Å²) in [6, 6.07) is 17.6. The van der Waals surface area contributed by atoms with Crippen molar-refractivity contribution in [2.75, 3.05) is 11.4 Å². The molecule has 0 unspecified atom stereocenters. The molecule has 1 heterocycles. The molecule has 116 valence electrons. The summed E-state index contributed by atoms with van der Waals surface area (Å²) in [6.07, 6.45) is 0. The molecule has 3 nitrogen and oxygen atoms in total. The molecule has 0 fully saturated rings. The molecule has 23 heavy (non-hydrogen) atoms. The molecule has 0 bridgehead atoms. The van der Waals surface area contributed by atoms with Crippen LogP contribution in [0.3, 0.4) is 0 Å². The van der Waals surface area contributed by atoms with Gasteiger partial charge in [0.15, 0.2) is 5.13 Å². The lowest BCUT2D eigenvalue weighted by atomic mass is 10.1. The third-order valence-electron chi connectivity index (χ3n) is 3.65. The molecule has 0 radical (unpaired) electrons. The molecular formula is C19H18N2OS. The Labute approximate surface area is 140 Å². The maximum absolute atomic E-state index is 12.7. The van der Waals surface area contributed by atoms with Gasteiger partial charge in [0.25, 0.3) is 5.91 Å². The van der Waals surface area contributed by atoms with Gasteiger partial charge in [0.1, 0.15) is 0 Å². The normalized spacial score (nSPS) is 10.5. The number of amides is 1. The van der Waals surface area contributed by atoms with Gasteiger partial charge in [-0.3, -0.25) is 9.69 Å². The van der Waals surface area contributed by atoms with Crippen molar-refractivity contribution in [1.29, 1.82) is 0 Å². The van der Waals surface area contributed by atoms with E-state index in [9.17, 15) is 4.79 Å². The number of carbonyl (C=O) groups is 1. The first-order chi connectivity index (χ1) is 11.2. The van der Waals surface area contributed by atoms with Crippen LogP contribution in [0.5, 0.6) is 0 Å². The molecule has 1 aromatic heterocycles. The number of carbonyl (C=O) groups excluding carboxylic acids is 1. The van der Waals surface area contributed by atoms with Crippen molar-refractivity contribution in [3.05, 3.63) is 71.1 Å². The second kappa shape index (κ2) is 6.75. The molecule has 1 amide bonds. The summed E-state index contributed by atoms with van der Waals surface area (Å²) in [7, 11) is 0. The number of hydrogen-bond acceptors (Lipinski definition) is 3. The van der Waals surface area contributed by atoms with Crippen LogP contribution in [0.1, 0.15) is 22.8 Å². The van der Waals surface area contributed by atoms with Crippen LogP contribution in [-0.4, -0.2) is 17.4 Å². The third kappa shape index (κ3) is 3.32. The first kappa shape index (κ1) is 15.4. The van der Waals surface area contributed by atoms with Gasteiger partial charge in [-0.1, -0.05) is 48.0 Å². The summed E-state index contributed by atoms with van der Waals surface area (Å²) in [5.41, 5.74) is 3.88. The molecule has 0 N–H and O–H groups in total. The van der Waals surface area contributed by atoms with Crippen LogP contribution in [0, 0.1) is 6.92 Å². The summed E-state index contributed by atoms with van der Waals surface area (Å²) in [4.78, 5) is 19.0. The molecule has 0 atom stereocenters. The molecule has 0 saturated heterocycles. The van der Waals surface area contributed by atoms with Crippen LogP contribution in [0.15, 0.2) is 60.0 Å². The number of thiazole rings is 1. The highest BCUT2D eigenvalue weighted by atomic mass is 32.1. The van der Waals surface area contributed by atoms with Crippen molar-refractivity contribution < 1.29 is 4.79 Å². The Bertz CT molecular complexity index is 794. The summed E-state index contributed by atoms with van der Waals surface area (Å²) in [6.45, 7) is 4.62. The number of anilines is 1. The number of aromatic nitrogens is 1. The highest BCUT2D eigenvalue weighted by Crippen LogP contribution is 2.28. The highest BCUT2D eigenvalue weighted by Gasteiger charge is 2.19. The Morgan fingerprint density at radius 1 is 1.09 bits per heavy atom. The standard InChI is InChI=1S/C19H18N2OS/c1-3-21(18(22)16-7-5-4-6-8-16)19-20-17(13-23-19)15-11-9-14(2)10-12-15/h4-13H,3H2,1-2H3. The second-order valence-corrected chi connectivity index (χ2v) is 6.13. The summed E-state index contributed by atoms with van der Waals surface area (Å²) >= 11 is 1.50. The minimum atomic E-state index is -0.0158. The smallest absolute Gasteiger partial charge is 0.260 e. The molecule has 0 aliphatic carbocycles. The first-order valence-electron chi connectivity index (χ1n) is 7.58. The van der Waals surface area contributed by atoms with E-state index in [1.807, 2.05) is 42.6 Å². The van der Waals surface area contributed by atoms with Crippen LogP contribution >= 0.6 is 11.3 Å². The van der Waals surface area contributed by atoms with Gasteiger partial charge >= 0.3 is 0 Å². The van der Waals surface area contributed by atoms with Gasteiger partial charge in [-0.2, -0.15) is 0 Å². The van der Waals surface area contributed by atoms with Crippen LogP contribution in [0.2, 0.25) is 0 Å². The molecule has 4 heteroatoms. The van der Waals surface area contributed by atoms with E-state index in [2.05, 4.69) is 36.2 Å². The molecule has 3 aromatic rings. The van der Waals surface area contributed by atoms with Crippen molar-refractivity contribution in [2.45, 2.75) is 13.8 Å². The zero-order valence-electron chi connectivity index (χ0n) is 13.2. The number of nitrogens with zero attached hydrogens (tertiary/aromatic N) is 2. The van der Waals surface area contributed by atoms with Crippen molar-refractivity contribution in [3.63, 3.8) is 0 Å². The highest BCUT2D eigenvalue weighted by molar-refractivity contribution is 7.14. The van der Waals surface area contributed by atoms with Gasteiger partial charge in [-0.25, -0.2) is 4.98 Å². The maximum Gasteiger partial charge on any atom is 0.260 e. The van der Waals surface area contributed by atoms with E-state index in [0.29, 0.717) is 12.1 Å². The zero-order valence-corrected chi connectivity index (χ0v) is 14.0. The Kier molecular flexibility index (Phi) is 4.53. The summed E-state index contributed by atoms with van der Waals surface area (Å²) in [5, 5.41) is 2.73. The van der Waals surface area contributed by atoms with E-state index in [0.717, 1.165) is 16.4 Å².